The van der Waals surface area contributed by atoms with E-state index in [-0.39, 0.29) is 0 Å². The number of halogens is 1. The van der Waals surface area contributed by atoms with Crippen LogP contribution in [0.1, 0.15) is 44.2 Å². The van der Waals surface area contributed by atoms with Crippen molar-refractivity contribution in [2.45, 2.75) is 53.3 Å². The van der Waals surface area contributed by atoms with Gasteiger partial charge in [0, 0.05) is 35.9 Å². The van der Waals surface area contributed by atoms with E-state index in [4.69, 9.17) is 5.26 Å². The number of nitrogens with zero attached hydrogens (tertiary/aromatic N) is 3. The molecule has 1 aromatic heterocycles. The fourth-order valence-electron chi connectivity index (χ4n) is 3.17. The first-order valence-electron chi connectivity index (χ1n) is 9.25. The normalized spacial score (nSPS) is 23.0. The average molecular weight is 374 g/mol. The maximum absolute atomic E-state index is 14.5. The van der Waals surface area contributed by atoms with Gasteiger partial charge >= 0.3 is 0 Å². The summed E-state index contributed by atoms with van der Waals surface area (Å²) in [6.45, 7) is 9.89. The lowest BCUT2D eigenvalue weighted by Crippen LogP contribution is -2.47. The Bertz CT molecular complexity index is 734. The number of alkyl halides is 1. The number of hydrogen-bond donors (Lipinski definition) is 0. The number of thiazole rings is 1. The van der Waals surface area contributed by atoms with E-state index in [0.717, 1.165) is 35.8 Å². The first-order valence-corrected chi connectivity index (χ1v) is 10.1. The number of benzene rings is 1. The first-order chi connectivity index (χ1) is 12.5. The van der Waals surface area contributed by atoms with Crippen LogP contribution >= 0.6 is 11.3 Å². The Morgan fingerprint density at radius 1 is 1.35 bits per heavy atom. The highest BCUT2D eigenvalue weighted by atomic mass is 32.1. The van der Waals surface area contributed by atoms with Crippen LogP contribution in [0.15, 0.2) is 29.6 Å². The average Bonchev–Trinajstić information content (AvgIpc) is 3.08. The molecule has 0 amide bonds. The number of aromatic nitrogens is 1. The van der Waals surface area contributed by atoms with Crippen LogP contribution in [0.2, 0.25) is 0 Å². The highest BCUT2D eigenvalue weighted by Gasteiger charge is 2.39. The molecule has 2 aromatic rings. The Labute approximate surface area is 160 Å². The van der Waals surface area contributed by atoms with Gasteiger partial charge in [-0.15, -0.1) is 11.3 Å². The van der Waals surface area contributed by atoms with Crippen molar-refractivity contribution in [1.82, 2.24) is 9.88 Å². The predicted molar refractivity (Wildman–Crippen MR) is 107 cm³/mol. The summed E-state index contributed by atoms with van der Waals surface area (Å²) in [4.78, 5) is 6.65. The lowest BCUT2D eigenvalue weighted by atomic mass is 9.76. The van der Waals surface area contributed by atoms with Crippen molar-refractivity contribution in [3.05, 3.63) is 40.2 Å². The Balaban J connectivity index is 0.00000117. The number of likely N-dealkylation sites (tertiary alicyclic amines) is 1. The van der Waals surface area contributed by atoms with E-state index in [2.05, 4.69) is 45.6 Å². The van der Waals surface area contributed by atoms with Crippen molar-refractivity contribution < 1.29 is 4.39 Å². The Kier molecular flexibility index (Phi) is 7.31. The highest BCUT2D eigenvalue weighted by molar-refractivity contribution is 7.09. The van der Waals surface area contributed by atoms with Crippen molar-refractivity contribution in [2.24, 2.45) is 5.41 Å². The molecule has 1 saturated heterocycles. The Hall–Kier alpha value is -1.77. The molecule has 0 aliphatic carbocycles. The quantitative estimate of drug-likeness (QED) is 0.699. The summed E-state index contributed by atoms with van der Waals surface area (Å²) in [6, 6.07) is 10.5. The van der Waals surface area contributed by atoms with Gasteiger partial charge in [0.25, 0.3) is 0 Å². The molecule has 0 saturated carbocycles. The molecule has 140 valence electrons. The fraction of sp³-hybridized carbons (Fsp3) is 0.524. The molecule has 1 aromatic carbocycles. The topological polar surface area (TPSA) is 39.9 Å². The Morgan fingerprint density at radius 3 is 2.58 bits per heavy atom. The summed E-state index contributed by atoms with van der Waals surface area (Å²) < 4.78 is 14.5. The molecule has 3 nitrogen and oxygen atoms in total. The van der Waals surface area contributed by atoms with Gasteiger partial charge in [-0.1, -0.05) is 45.0 Å². The second-order valence-electron chi connectivity index (χ2n) is 6.89. The molecule has 1 fully saturated rings. The van der Waals surface area contributed by atoms with Crippen molar-refractivity contribution in [2.75, 3.05) is 13.1 Å². The molecule has 2 atom stereocenters. The van der Waals surface area contributed by atoms with Gasteiger partial charge in [-0.05, 0) is 25.5 Å². The minimum absolute atomic E-state index is 0.295. The SMILES string of the molecule is CC.Cc1nc(-c2ccc(CN3CCC(C)(CC#N)C(F)C3)cc2)cs1. The van der Waals surface area contributed by atoms with E-state index in [0.29, 0.717) is 13.0 Å². The van der Waals surface area contributed by atoms with E-state index < -0.39 is 11.6 Å². The van der Waals surface area contributed by atoms with Gasteiger partial charge < -0.3 is 0 Å². The predicted octanol–water partition coefficient (Wildman–Crippen LogP) is 5.61. The largest absolute Gasteiger partial charge is 0.296 e. The van der Waals surface area contributed by atoms with Gasteiger partial charge in [-0.3, -0.25) is 4.90 Å². The molecule has 26 heavy (non-hydrogen) atoms. The molecular weight excluding hydrogens is 345 g/mol. The second kappa shape index (κ2) is 9.25. The summed E-state index contributed by atoms with van der Waals surface area (Å²) >= 11 is 1.65. The molecule has 0 N–H and O–H groups in total. The van der Waals surface area contributed by atoms with E-state index in [1.165, 1.54) is 5.56 Å². The standard InChI is InChI=1S/C19H22FN3S.C2H6/c1-14-22-17(13-24-14)16-5-3-15(4-6-16)11-23-10-8-19(2,7-9-21)18(20)12-23;1-2/h3-6,13,18H,7-8,10-12H2,1-2H3;1-2H3. The zero-order valence-corrected chi connectivity index (χ0v) is 16.9. The zero-order chi connectivity index (χ0) is 19.2. The van der Waals surface area contributed by atoms with Gasteiger partial charge in [0.05, 0.1) is 16.8 Å². The van der Waals surface area contributed by atoms with E-state index >= 15 is 0 Å². The van der Waals surface area contributed by atoms with Crippen molar-refractivity contribution in [3.8, 4) is 17.3 Å². The smallest absolute Gasteiger partial charge is 0.119 e. The van der Waals surface area contributed by atoms with Crippen LogP contribution in [-0.4, -0.2) is 29.1 Å². The summed E-state index contributed by atoms with van der Waals surface area (Å²) in [5.74, 6) is 0. The van der Waals surface area contributed by atoms with Gasteiger partial charge in [0.2, 0.25) is 0 Å². The van der Waals surface area contributed by atoms with E-state index in [1.54, 1.807) is 11.3 Å². The fourth-order valence-corrected chi connectivity index (χ4v) is 3.79. The maximum atomic E-state index is 14.5. The van der Waals surface area contributed by atoms with Crippen LogP contribution in [0.3, 0.4) is 0 Å². The molecule has 3 rings (SSSR count). The first kappa shape index (κ1) is 20.5. The number of rotatable bonds is 4. The third kappa shape index (κ3) is 4.90. The number of aryl methyl sites for hydroxylation is 1. The van der Waals surface area contributed by atoms with E-state index in [9.17, 15) is 4.39 Å². The zero-order valence-electron chi connectivity index (χ0n) is 16.1. The molecular formula is C21H28FN3S. The summed E-state index contributed by atoms with van der Waals surface area (Å²) in [6.07, 6.45) is 0.0879. The van der Waals surface area contributed by atoms with Gasteiger partial charge in [-0.25, -0.2) is 9.37 Å². The molecule has 1 aliphatic heterocycles. The van der Waals surface area contributed by atoms with E-state index in [1.807, 2.05) is 27.7 Å². The van der Waals surface area contributed by atoms with Gasteiger partial charge in [-0.2, -0.15) is 5.26 Å². The lowest BCUT2D eigenvalue weighted by Gasteiger charge is -2.41. The molecule has 0 spiro atoms. The van der Waals surface area contributed by atoms with Crippen LogP contribution < -0.4 is 0 Å². The minimum Gasteiger partial charge on any atom is -0.296 e. The van der Waals surface area contributed by atoms with Crippen LogP contribution in [-0.2, 0) is 6.54 Å². The minimum atomic E-state index is -0.942. The number of hydrogen-bond acceptors (Lipinski definition) is 4. The number of nitriles is 1. The molecule has 1 aliphatic rings. The van der Waals surface area contributed by atoms with Crippen LogP contribution in [0, 0.1) is 23.7 Å². The molecule has 0 radical (unpaired) electrons. The monoisotopic (exact) mass is 373 g/mol. The molecule has 5 heteroatoms. The second-order valence-corrected chi connectivity index (χ2v) is 7.95. The molecule has 2 heterocycles. The maximum Gasteiger partial charge on any atom is 0.119 e. The van der Waals surface area contributed by atoms with Crippen LogP contribution in [0.5, 0.6) is 0 Å². The van der Waals surface area contributed by atoms with Gasteiger partial charge in [0.1, 0.15) is 6.17 Å². The number of piperidine rings is 1. The van der Waals surface area contributed by atoms with Crippen LogP contribution in [0.25, 0.3) is 11.3 Å². The van der Waals surface area contributed by atoms with Crippen LogP contribution in [0.4, 0.5) is 4.39 Å². The van der Waals surface area contributed by atoms with Crippen molar-refractivity contribution in [3.63, 3.8) is 0 Å². The molecule has 0 bridgehead atoms. The summed E-state index contributed by atoms with van der Waals surface area (Å²) in [5, 5.41) is 12.0. The third-order valence-electron chi connectivity index (χ3n) is 4.93. The van der Waals surface area contributed by atoms with Gasteiger partial charge in [0.15, 0.2) is 0 Å². The van der Waals surface area contributed by atoms with Crippen molar-refractivity contribution >= 4 is 11.3 Å². The highest BCUT2D eigenvalue weighted by Crippen LogP contribution is 2.36. The summed E-state index contributed by atoms with van der Waals surface area (Å²) in [5.41, 5.74) is 2.82. The Morgan fingerprint density at radius 2 is 2.04 bits per heavy atom. The lowest BCUT2D eigenvalue weighted by molar-refractivity contribution is 0.0186. The summed E-state index contributed by atoms with van der Waals surface area (Å²) in [7, 11) is 0. The molecule has 2 unspecified atom stereocenters. The van der Waals surface area contributed by atoms with Crippen molar-refractivity contribution in [1.29, 1.82) is 5.26 Å². The third-order valence-corrected chi connectivity index (χ3v) is 5.71.